The Bertz CT molecular complexity index is 3560. The summed E-state index contributed by atoms with van der Waals surface area (Å²) >= 11 is 0. The monoisotopic (exact) mass is 715 g/mol. The van der Waals surface area contributed by atoms with E-state index in [2.05, 4.69) is 133 Å². The predicted octanol–water partition coefficient (Wildman–Crippen LogP) is 13.8. The Hall–Kier alpha value is -7.63. The van der Waals surface area contributed by atoms with Gasteiger partial charge < -0.3 is 8.83 Å². The lowest BCUT2D eigenvalue weighted by Crippen LogP contribution is -2.00. The van der Waals surface area contributed by atoms with Gasteiger partial charge in [-0.25, -0.2) is 15.0 Å². The van der Waals surface area contributed by atoms with Crippen molar-refractivity contribution in [2.45, 2.75) is 0 Å². The molecule has 12 rings (SSSR count). The van der Waals surface area contributed by atoms with E-state index in [4.69, 9.17) is 23.8 Å². The summed E-state index contributed by atoms with van der Waals surface area (Å²) in [5, 5.41) is 10.8. The summed E-state index contributed by atoms with van der Waals surface area (Å²) in [6, 6.07) is 61.1. The number of hydrogen-bond acceptors (Lipinski definition) is 5. The summed E-state index contributed by atoms with van der Waals surface area (Å²) in [7, 11) is 0. The largest absolute Gasteiger partial charge is 0.456 e. The van der Waals surface area contributed by atoms with Gasteiger partial charge in [0.1, 0.15) is 22.3 Å². The van der Waals surface area contributed by atoms with Crippen molar-refractivity contribution in [3.63, 3.8) is 0 Å². The Morgan fingerprint density at radius 3 is 1.54 bits per heavy atom. The van der Waals surface area contributed by atoms with Crippen LogP contribution in [-0.4, -0.2) is 15.0 Å². The number of fused-ring (bicyclic) bond motifs is 10. The van der Waals surface area contributed by atoms with Crippen molar-refractivity contribution < 1.29 is 8.83 Å². The lowest BCUT2D eigenvalue weighted by atomic mass is 9.93. The van der Waals surface area contributed by atoms with Crippen molar-refractivity contribution in [2.75, 3.05) is 0 Å². The number of furan rings is 2. The van der Waals surface area contributed by atoms with Crippen LogP contribution >= 0.6 is 0 Å². The van der Waals surface area contributed by atoms with Crippen LogP contribution in [0.15, 0.2) is 185 Å². The minimum atomic E-state index is 0.566. The van der Waals surface area contributed by atoms with Gasteiger partial charge in [-0.05, 0) is 74.5 Å². The number of rotatable bonds is 4. The lowest BCUT2D eigenvalue weighted by Gasteiger charge is -2.11. The number of aromatic nitrogens is 3. The molecule has 0 aliphatic heterocycles. The second kappa shape index (κ2) is 11.9. The van der Waals surface area contributed by atoms with E-state index in [-0.39, 0.29) is 0 Å². The van der Waals surface area contributed by atoms with Crippen molar-refractivity contribution >= 4 is 76.2 Å². The predicted molar refractivity (Wildman–Crippen MR) is 229 cm³/mol. The highest BCUT2D eigenvalue weighted by atomic mass is 16.3. The fourth-order valence-corrected chi connectivity index (χ4v) is 8.47. The van der Waals surface area contributed by atoms with Crippen LogP contribution in [0.5, 0.6) is 0 Å². The first-order valence-electron chi connectivity index (χ1n) is 18.8. The zero-order chi connectivity index (χ0) is 36.7. The third-order valence-electron chi connectivity index (χ3n) is 11.1. The van der Waals surface area contributed by atoms with Crippen LogP contribution in [0.1, 0.15) is 0 Å². The van der Waals surface area contributed by atoms with Gasteiger partial charge in [-0.3, -0.25) is 0 Å². The van der Waals surface area contributed by atoms with E-state index in [0.717, 1.165) is 93.2 Å². The first-order valence-corrected chi connectivity index (χ1v) is 18.8. The molecule has 56 heavy (non-hydrogen) atoms. The second-order valence-corrected chi connectivity index (χ2v) is 14.3. The van der Waals surface area contributed by atoms with Gasteiger partial charge in [-0.2, -0.15) is 0 Å². The number of para-hydroxylation sites is 1. The maximum absolute atomic E-state index is 6.78. The van der Waals surface area contributed by atoms with Crippen LogP contribution in [-0.2, 0) is 0 Å². The minimum Gasteiger partial charge on any atom is -0.456 e. The SMILES string of the molecule is c1ccc2cc(-c3nc(-c4cccc5oc6ccccc6c45)nc(-c4cccc5oc6c7ccccc7c(-c7ccc8ccccc8c7)cc6c45)n3)ccc2c1. The van der Waals surface area contributed by atoms with Gasteiger partial charge in [0.05, 0.1) is 0 Å². The maximum Gasteiger partial charge on any atom is 0.164 e. The van der Waals surface area contributed by atoms with E-state index < -0.39 is 0 Å². The molecule has 0 aliphatic carbocycles. The molecule has 5 heteroatoms. The van der Waals surface area contributed by atoms with Crippen molar-refractivity contribution in [3.8, 4) is 45.3 Å². The molecule has 3 heterocycles. The zero-order valence-electron chi connectivity index (χ0n) is 29.9. The molecule has 0 saturated carbocycles. The number of nitrogens with zero attached hydrogens (tertiary/aromatic N) is 3. The zero-order valence-corrected chi connectivity index (χ0v) is 29.9. The van der Waals surface area contributed by atoms with Gasteiger partial charge in [0.2, 0.25) is 0 Å². The molecule has 3 aromatic heterocycles. The third-order valence-corrected chi connectivity index (χ3v) is 11.1. The van der Waals surface area contributed by atoms with E-state index in [9.17, 15) is 0 Å². The molecule has 0 unspecified atom stereocenters. The molecule has 0 N–H and O–H groups in total. The highest BCUT2D eigenvalue weighted by Gasteiger charge is 2.22. The van der Waals surface area contributed by atoms with Gasteiger partial charge in [0, 0.05) is 43.6 Å². The Kier molecular flexibility index (Phi) is 6.56. The van der Waals surface area contributed by atoms with Crippen LogP contribution in [0.3, 0.4) is 0 Å². The standard InChI is InChI=1S/C51H29N3O2/c1-3-13-32-27-34(25-23-30(32)11-1)41-29-42-47-40(19-10-22-45(47)56-48(42)37-16-6-5-15-36(37)41)51-53-49(35-26-24-31-12-2-4-14-33(31)28-35)52-50(54-51)39-18-9-21-44-46(39)38-17-7-8-20-43(38)55-44/h1-29H. The average Bonchev–Trinajstić information content (AvgIpc) is 3.84. The molecule has 260 valence electrons. The van der Waals surface area contributed by atoms with Gasteiger partial charge in [0.25, 0.3) is 0 Å². The molecule has 0 spiro atoms. The fraction of sp³-hybridized carbons (Fsp3) is 0. The van der Waals surface area contributed by atoms with Crippen LogP contribution in [0, 0.1) is 0 Å². The first-order chi connectivity index (χ1) is 27.7. The average molecular weight is 716 g/mol. The van der Waals surface area contributed by atoms with Crippen LogP contribution in [0.25, 0.3) is 121 Å². The summed E-state index contributed by atoms with van der Waals surface area (Å²) in [6.07, 6.45) is 0. The third kappa shape index (κ3) is 4.71. The molecule has 9 aromatic carbocycles. The maximum atomic E-state index is 6.78. The summed E-state index contributed by atoms with van der Waals surface area (Å²) in [5.41, 5.74) is 8.17. The van der Waals surface area contributed by atoms with Crippen molar-refractivity contribution in [1.82, 2.24) is 15.0 Å². The van der Waals surface area contributed by atoms with Crippen molar-refractivity contribution in [1.29, 1.82) is 0 Å². The molecule has 0 fully saturated rings. The van der Waals surface area contributed by atoms with Gasteiger partial charge >= 0.3 is 0 Å². The van der Waals surface area contributed by atoms with Crippen LogP contribution in [0.4, 0.5) is 0 Å². The topological polar surface area (TPSA) is 65.0 Å². The lowest BCUT2D eigenvalue weighted by molar-refractivity contribution is 0.669. The second-order valence-electron chi connectivity index (χ2n) is 14.3. The van der Waals surface area contributed by atoms with E-state index in [1.807, 2.05) is 42.5 Å². The highest BCUT2D eigenvalue weighted by molar-refractivity contribution is 6.22. The fourth-order valence-electron chi connectivity index (χ4n) is 8.47. The van der Waals surface area contributed by atoms with Crippen molar-refractivity contribution in [2.24, 2.45) is 0 Å². The molecule has 0 bridgehead atoms. The normalized spacial score (nSPS) is 11.9. The summed E-state index contributed by atoms with van der Waals surface area (Å²) < 4.78 is 13.1. The molecule has 0 aliphatic rings. The van der Waals surface area contributed by atoms with Crippen LogP contribution < -0.4 is 0 Å². The van der Waals surface area contributed by atoms with E-state index in [1.54, 1.807) is 0 Å². The Balaban J connectivity index is 1.15. The number of benzene rings is 9. The molecular weight excluding hydrogens is 687 g/mol. The quantitative estimate of drug-likeness (QED) is 0.181. The molecule has 0 amide bonds. The molecule has 12 aromatic rings. The molecule has 0 atom stereocenters. The molecule has 0 saturated heterocycles. The van der Waals surface area contributed by atoms with Crippen LogP contribution in [0.2, 0.25) is 0 Å². The molecular formula is C51H29N3O2. The number of hydrogen-bond donors (Lipinski definition) is 0. The summed E-state index contributed by atoms with van der Waals surface area (Å²) in [5.74, 6) is 1.73. The Morgan fingerprint density at radius 1 is 0.304 bits per heavy atom. The van der Waals surface area contributed by atoms with E-state index in [0.29, 0.717) is 17.5 Å². The Labute approximate surface area is 320 Å². The minimum absolute atomic E-state index is 0.566. The van der Waals surface area contributed by atoms with Gasteiger partial charge in [0.15, 0.2) is 17.5 Å². The molecule has 5 nitrogen and oxygen atoms in total. The van der Waals surface area contributed by atoms with E-state index >= 15 is 0 Å². The van der Waals surface area contributed by atoms with Crippen molar-refractivity contribution in [3.05, 3.63) is 176 Å². The molecule has 0 radical (unpaired) electrons. The summed E-state index contributed by atoms with van der Waals surface area (Å²) in [6.45, 7) is 0. The first kappa shape index (κ1) is 30.8. The van der Waals surface area contributed by atoms with Gasteiger partial charge in [-0.1, -0.05) is 140 Å². The van der Waals surface area contributed by atoms with Gasteiger partial charge in [-0.15, -0.1) is 0 Å². The Morgan fingerprint density at radius 2 is 0.821 bits per heavy atom. The summed E-state index contributed by atoms with van der Waals surface area (Å²) in [4.78, 5) is 15.8. The smallest absolute Gasteiger partial charge is 0.164 e. The van der Waals surface area contributed by atoms with E-state index in [1.165, 1.54) is 10.8 Å². The highest BCUT2D eigenvalue weighted by Crippen LogP contribution is 2.44.